The van der Waals surface area contributed by atoms with Crippen molar-refractivity contribution in [3.63, 3.8) is 0 Å². The molecular weight excluding hydrogens is 258 g/mol. The highest BCUT2D eigenvalue weighted by molar-refractivity contribution is 6.30. The number of imidazole rings is 1. The second-order valence-electron chi connectivity index (χ2n) is 5.46. The van der Waals surface area contributed by atoms with Crippen LogP contribution in [0.2, 0.25) is 5.15 Å². The van der Waals surface area contributed by atoms with Gasteiger partial charge in [0, 0.05) is 5.69 Å². The van der Waals surface area contributed by atoms with Gasteiger partial charge in [-0.2, -0.15) is 5.26 Å². The van der Waals surface area contributed by atoms with E-state index in [1.54, 1.807) is 0 Å². The number of nitrogens with zero attached hydrogens (tertiary/aromatic N) is 3. The van der Waals surface area contributed by atoms with Crippen molar-refractivity contribution in [3.05, 3.63) is 33.2 Å². The predicted molar refractivity (Wildman–Crippen MR) is 73.6 cm³/mol. The molecule has 0 unspecified atom stereocenters. The van der Waals surface area contributed by atoms with Gasteiger partial charge in [0.05, 0.1) is 11.3 Å². The quantitative estimate of drug-likeness (QED) is 0.690. The number of halogens is 1. The molecule has 0 fully saturated rings. The molecule has 0 saturated heterocycles. The van der Waals surface area contributed by atoms with Crippen molar-refractivity contribution >= 4 is 17.2 Å². The van der Waals surface area contributed by atoms with Gasteiger partial charge in [-0.1, -0.05) is 11.6 Å². The molecule has 0 spiro atoms. The fraction of sp³-hybridized carbons (Fsp3) is 0.467. The highest BCUT2D eigenvalue weighted by Crippen LogP contribution is 2.36. The number of hydrogen-bond acceptors (Lipinski definition) is 2. The van der Waals surface area contributed by atoms with Gasteiger partial charge >= 0.3 is 0 Å². The van der Waals surface area contributed by atoms with E-state index in [1.807, 2.05) is 0 Å². The maximum absolute atomic E-state index is 9.51. The van der Waals surface area contributed by atoms with E-state index < -0.39 is 0 Å². The molecule has 2 aliphatic rings. The molecular formula is C15H14ClN3. The monoisotopic (exact) mass is 271 g/mol. The molecule has 2 aliphatic carbocycles. The van der Waals surface area contributed by atoms with Crippen molar-refractivity contribution in [3.8, 4) is 6.07 Å². The van der Waals surface area contributed by atoms with Gasteiger partial charge in [-0.25, -0.2) is 4.98 Å². The van der Waals surface area contributed by atoms with Crippen molar-refractivity contribution < 1.29 is 0 Å². The molecule has 2 aromatic rings. The Morgan fingerprint density at radius 2 is 1.84 bits per heavy atom. The fourth-order valence-corrected chi connectivity index (χ4v) is 3.94. The van der Waals surface area contributed by atoms with Gasteiger partial charge in [-0.05, 0) is 56.1 Å². The van der Waals surface area contributed by atoms with Crippen LogP contribution in [-0.4, -0.2) is 9.38 Å². The summed E-state index contributed by atoms with van der Waals surface area (Å²) in [5, 5.41) is 10.3. The second kappa shape index (κ2) is 3.98. The number of aryl methyl sites for hydroxylation is 2. The van der Waals surface area contributed by atoms with Crippen molar-refractivity contribution in [2.75, 3.05) is 0 Å². The predicted octanol–water partition coefficient (Wildman–Crippen LogP) is 3.23. The van der Waals surface area contributed by atoms with E-state index in [-0.39, 0.29) is 0 Å². The number of aromatic nitrogens is 2. The Hall–Kier alpha value is -1.53. The first kappa shape index (κ1) is 11.3. The Kier molecular flexibility index (Phi) is 2.37. The molecule has 0 amide bonds. The lowest BCUT2D eigenvalue weighted by molar-refractivity contribution is 0.659. The van der Waals surface area contributed by atoms with Crippen LogP contribution in [0.25, 0.3) is 5.65 Å². The molecule has 0 aliphatic heterocycles. The maximum Gasteiger partial charge on any atom is 0.156 e. The minimum Gasteiger partial charge on any atom is -0.286 e. The van der Waals surface area contributed by atoms with Crippen LogP contribution in [0.15, 0.2) is 0 Å². The average molecular weight is 272 g/mol. The molecule has 0 bridgehead atoms. The van der Waals surface area contributed by atoms with Crippen LogP contribution in [0.1, 0.15) is 47.3 Å². The van der Waals surface area contributed by atoms with Gasteiger partial charge in [0.15, 0.2) is 5.65 Å². The number of rotatable bonds is 0. The van der Waals surface area contributed by atoms with E-state index in [2.05, 4.69) is 10.5 Å². The summed E-state index contributed by atoms with van der Waals surface area (Å²) in [7, 11) is 0. The SMILES string of the molecule is N#Cc1c2c(c(Cl)n3c4c(nc13)CCCC4)CCC2. The highest BCUT2D eigenvalue weighted by Gasteiger charge is 2.27. The molecule has 4 heteroatoms. The molecule has 3 nitrogen and oxygen atoms in total. The van der Waals surface area contributed by atoms with Crippen LogP contribution in [0.4, 0.5) is 0 Å². The van der Waals surface area contributed by atoms with E-state index in [0.717, 1.165) is 59.7 Å². The number of pyridine rings is 1. The summed E-state index contributed by atoms with van der Waals surface area (Å²) in [6.07, 6.45) is 7.48. The average Bonchev–Trinajstić information content (AvgIpc) is 3.03. The molecule has 0 saturated carbocycles. The third-order valence-corrected chi connectivity index (χ3v) is 4.83. The first-order chi connectivity index (χ1) is 9.31. The molecule has 0 radical (unpaired) electrons. The highest BCUT2D eigenvalue weighted by atomic mass is 35.5. The summed E-state index contributed by atoms with van der Waals surface area (Å²) in [5.74, 6) is 0. The minimum atomic E-state index is 0.756. The number of hydrogen-bond donors (Lipinski definition) is 0. The molecule has 96 valence electrons. The third-order valence-electron chi connectivity index (χ3n) is 4.43. The zero-order valence-electron chi connectivity index (χ0n) is 10.7. The van der Waals surface area contributed by atoms with Crippen molar-refractivity contribution in [1.82, 2.24) is 9.38 Å². The van der Waals surface area contributed by atoms with E-state index in [1.165, 1.54) is 24.1 Å². The van der Waals surface area contributed by atoms with Gasteiger partial charge in [-0.3, -0.25) is 4.40 Å². The Balaban J connectivity index is 2.17. The molecule has 2 aromatic heterocycles. The van der Waals surface area contributed by atoms with Crippen LogP contribution in [0.5, 0.6) is 0 Å². The first-order valence-electron chi connectivity index (χ1n) is 6.94. The maximum atomic E-state index is 9.51. The first-order valence-corrected chi connectivity index (χ1v) is 7.32. The van der Waals surface area contributed by atoms with E-state index in [0.29, 0.717) is 0 Å². The molecule has 0 atom stereocenters. The topological polar surface area (TPSA) is 41.1 Å². The zero-order valence-corrected chi connectivity index (χ0v) is 11.4. The third kappa shape index (κ3) is 1.41. The largest absolute Gasteiger partial charge is 0.286 e. The van der Waals surface area contributed by atoms with E-state index in [4.69, 9.17) is 16.6 Å². The van der Waals surface area contributed by atoms with Crippen molar-refractivity contribution in [1.29, 1.82) is 5.26 Å². The Labute approximate surface area is 116 Å². The molecule has 0 aromatic carbocycles. The normalized spacial score (nSPS) is 17.3. The van der Waals surface area contributed by atoms with Gasteiger partial charge in [-0.15, -0.1) is 0 Å². The molecule has 0 N–H and O–H groups in total. The van der Waals surface area contributed by atoms with Crippen LogP contribution in [0.3, 0.4) is 0 Å². The summed E-state index contributed by atoms with van der Waals surface area (Å²) in [6, 6.07) is 2.36. The molecule has 4 rings (SSSR count). The van der Waals surface area contributed by atoms with Crippen LogP contribution >= 0.6 is 11.6 Å². The lowest BCUT2D eigenvalue weighted by atomic mass is 10.0. The van der Waals surface area contributed by atoms with Gasteiger partial charge in [0.1, 0.15) is 11.2 Å². The lowest BCUT2D eigenvalue weighted by Crippen LogP contribution is -2.06. The molecule has 19 heavy (non-hydrogen) atoms. The van der Waals surface area contributed by atoms with Crippen LogP contribution in [-0.2, 0) is 25.7 Å². The van der Waals surface area contributed by atoms with Crippen LogP contribution < -0.4 is 0 Å². The summed E-state index contributed by atoms with van der Waals surface area (Å²) in [4.78, 5) is 4.72. The number of nitriles is 1. The minimum absolute atomic E-state index is 0.756. The summed E-state index contributed by atoms with van der Waals surface area (Å²) in [6.45, 7) is 0. The summed E-state index contributed by atoms with van der Waals surface area (Å²) in [5.41, 5.74) is 6.25. The fourth-order valence-electron chi connectivity index (χ4n) is 3.55. The lowest BCUT2D eigenvalue weighted by Gasteiger charge is -2.13. The molecule has 2 heterocycles. The van der Waals surface area contributed by atoms with Gasteiger partial charge in [0.2, 0.25) is 0 Å². The van der Waals surface area contributed by atoms with Gasteiger partial charge < -0.3 is 0 Å². The summed E-state index contributed by atoms with van der Waals surface area (Å²) < 4.78 is 2.05. The standard InChI is InChI=1S/C15H14ClN3/c16-14-10-5-3-4-9(10)11(8-17)15-18-12-6-1-2-7-13(12)19(14)15/h1-7H2. The van der Waals surface area contributed by atoms with E-state index in [9.17, 15) is 5.26 Å². The smallest absolute Gasteiger partial charge is 0.156 e. The van der Waals surface area contributed by atoms with Crippen LogP contribution in [0, 0.1) is 11.3 Å². The second-order valence-corrected chi connectivity index (χ2v) is 5.82. The van der Waals surface area contributed by atoms with Crippen molar-refractivity contribution in [2.45, 2.75) is 44.9 Å². The summed E-state index contributed by atoms with van der Waals surface area (Å²) >= 11 is 6.61. The Morgan fingerprint density at radius 1 is 1.05 bits per heavy atom. The zero-order chi connectivity index (χ0) is 13.0. The number of fused-ring (bicyclic) bond motifs is 4. The van der Waals surface area contributed by atoms with E-state index >= 15 is 0 Å². The van der Waals surface area contributed by atoms with Crippen molar-refractivity contribution in [2.24, 2.45) is 0 Å². The Morgan fingerprint density at radius 3 is 2.68 bits per heavy atom. The van der Waals surface area contributed by atoms with Gasteiger partial charge in [0.25, 0.3) is 0 Å². The Bertz CT molecular complexity index is 736.